The van der Waals surface area contributed by atoms with Crippen molar-refractivity contribution in [1.29, 1.82) is 0 Å². The van der Waals surface area contributed by atoms with Crippen LogP contribution >= 0.6 is 11.3 Å². The Labute approximate surface area is 151 Å². The third-order valence-corrected chi connectivity index (χ3v) is 5.15. The van der Waals surface area contributed by atoms with Crippen LogP contribution in [0.1, 0.15) is 48.6 Å². The van der Waals surface area contributed by atoms with E-state index in [-0.39, 0.29) is 11.3 Å². The molecular formula is C20H20N4S. The largest absolute Gasteiger partial charge is 0.234 e. The third-order valence-electron chi connectivity index (χ3n) is 4.19. The molecule has 0 saturated carbocycles. The molecule has 2 heterocycles. The molecule has 0 saturated heterocycles. The Morgan fingerprint density at radius 2 is 1.40 bits per heavy atom. The van der Waals surface area contributed by atoms with Crippen molar-refractivity contribution in [3.63, 3.8) is 0 Å². The van der Waals surface area contributed by atoms with Crippen LogP contribution in [0.5, 0.6) is 0 Å². The van der Waals surface area contributed by atoms with Gasteiger partial charge in [-0.2, -0.15) is 9.61 Å². The molecule has 2 aromatic heterocycles. The van der Waals surface area contributed by atoms with E-state index < -0.39 is 0 Å². The first-order valence-electron chi connectivity index (χ1n) is 8.36. The zero-order chi connectivity index (χ0) is 17.4. The molecule has 0 radical (unpaired) electrons. The molecule has 126 valence electrons. The summed E-state index contributed by atoms with van der Waals surface area (Å²) in [7, 11) is 0. The van der Waals surface area contributed by atoms with Gasteiger partial charge in [0.2, 0.25) is 4.96 Å². The highest BCUT2D eigenvalue weighted by Crippen LogP contribution is 2.35. The minimum Gasteiger partial charge on any atom is -0.187 e. The number of nitrogens with zero attached hydrogens (tertiary/aromatic N) is 4. The van der Waals surface area contributed by atoms with Gasteiger partial charge < -0.3 is 0 Å². The Bertz CT molecular complexity index is 941. The molecule has 0 spiro atoms. The fourth-order valence-electron chi connectivity index (χ4n) is 2.98. The molecule has 5 heteroatoms. The summed E-state index contributed by atoms with van der Waals surface area (Å²) >= 11 is 1.61. The lowest BCUT2D eigenvalue weighted by atomic mass is 9.92. The Balaban J connectivity index is 1.88. The summed E-state index contributed by atoms with van der Waals surface area (Å²) < 4.78 is 1.90. The maximum absolute atomic E-state index is 4.90. The summed E-state index contributed by atoms with van der Waals surface area (Å²) in [6.07, 6.45) is 0. The van der Waals surface area contributed by atoms with E-state index in [1.807, 2.05) is 16.6 Å². The van der Waals surface area contributed by atoms with E-state index in [9.17, 15) is 0 Å². The quantitative estimate of drug-likeness (QED) is 0.541. The summed E-state index contributed by atoms with van der Waals surface area (Å²) in [6, 6.07) is 21.0. The zero-order valence-electron chi connectivity index (χ0n) is 14.5. The number of benzene rings is 2. The molecule has 0 aliphatic heterocycles. The van der Waals surface area contributed by atoms with Gasteiger partial charge in [-0.05, 0) is 11.1 Å². The van der Waals surface area contributed by atoms with E-state index in [1.165, 1.54) is 11.1 Å². The summed E-state index contributed by atoms with van der Waals surface area (Å²) in [4.78, 5) is 0.844. The van der Waals surface area contributed by atoms with Crippen LogP contribution in [0, 0.1) is 0 Å². The fraction of sp³-hybridized carbons (Fsp3) is 0.250. The molecule has 0 aliphatic carbocycles. The van der Waals surface area contributed by atoms with Gasteiger partial charge in [-0.25, -0.2) is 0 Å². The smallest absolute Gasteiger partial charge is 0.187 e. The van der Waals surface area contributed by atoms with Crippen molar-refractivity contribution in [3.05, 3.63) is 82.6 Å². The standard InChI is InChI=1S/C20H20N4S/c1-20(2,3)18-21-22-19-24(18)23-17(25-19)16(14-10-6-4-7-11-14)15-12-8-5-9-13-15/h4-13,16H,1-3H3. The number of aromatic nitrogens is 4. The average Bonchev–Trinajstić information content (AvgIpc) is 3.17. The maximum atomic E-state index is 4.90. The zero-order valence-corrected chi connectivity index (χ0v) is 15.4. The summed E-state index contributed by atoms with van der Waals surface area (Å²) in [5.74, 6) is 0.992. The minimum atomic E-state index is -0.0975. The lowest BCUT2D eigenvalue weighted by molar-refractivity contribution is 0.526. The first-order valence-corrected chi connectivity index (χ1v) is 9.18. The van der Waals surface area contributed by atoms with Gasteiger partial charge in [-0.15, -0.1) is 10.2 Å². The first-order chi connectivity index (χ1) is 12.0. The number of fused-ring (bicyclic) bond motifs is 1. The van der Waals surface area contributed by atoms with Crippen LogP contribution in [0.2, 0.25) is 0 Å². The molecule has 4 nitrogen and oxygen atoms in total. The molecule has 0 bridgehead atoms. The van der Waals surface area contributed by atoms with Crippen LogP contribution in [0.4, 0.5) is 0 Å². The molecule has 4 aromatic rings. The number of rotatable bonds is 3. The summed E-state index contributed by atoms with van der Waals surface area (Å²) in [5, 5.41) is 14.6. The minimum absolute atomic E-state index is 0.0975. The van der Waals surface area contributed by atoms with Gasteiger partial charge in [-0.3, -0.25) is 0 Å². The van der Waals surface area contributed by atoms with Crippen molar-refractivity contribution in [2.45, 2.75) is 32.1 Å². The molecule has 2 aromatic carbocycles. The third kappa shape index (κ3) is 2.96. The molecule has 4 rings (SSSR count). The van der Waals surface area contributed by atoms with Crippen LogP contribution < -0.4 is 0 Å². The van der Waals surface area contributed by atoms with E-state index in [0.29, 0.717) is 0 Å². The fourth-order valence-corrected chi connectivity index (χ4v) is 3.98. The number of hydrogen-bond acceptors (Lipinski definition) is 4. The molecule has 0 N–H and O–H groups in total. The average molecular weight is 348 g/mol. The Morgan fingerprint density at radius 1 is 0.840 bits per heavy atom. The van der Waals surface area contributed by atoms with Gasteiger partial charge >= 0.3 is 0 Å². The molecule has 0 amide bonds. The van der Waals surface area contributed by atoms with Gasteiger partial charge in [0, 0.05) is 5.41 Å². The Morgan fingerprint density at radius 3 is 1.92 bits per heavy atom. The van der Waals surface area contributed by atoms with Crippen molar-refractivity contribution in [1.82, 2.24) is 19.8 Å². The van der Waals surface area contributed by atoms with Crippen LogP contribution in [0.25, 0.3) is 4.96 Å². The van der Waals surface area contributed by atoms with Crippen LogP contribution in [0.15, 0.2) is 60.7 Å². The van der Waals surface area contributed by atoms with Gasteiger partial charge in [0.05, 0.1) is 5.92 Å². The second-order valence-corrected chi connectivity index (χ2v) is 8.15. The van der Waals surface area contributed by atoms with Crippen molar-refractivity contribution < 1.29 is 0 Å². The van der Waals surface area contributed by atoms with Gasteiger partial charge in [-0.1, -0.05) is 92.8 Å². The van der Waals surface area contributed by atoms with E-state index in [2.05, 4.69) is 79.5 Å². The van der Waals surface area contributed by atoms with Crippen molar-refractivity contribution in [3.8, 4) is 0 Å². The van der Waals surface area contributed by atoms with E-state index in [4.69, 9.17) is 5.10 Å². The highest BCUT2D eigenvalue weighted by atomic mass is 32.1. The Hall–Kier alpha value is -2.53. The van der Waals surface area contributed by atoms with Crippen LogP contribution in [-0.4, -0.2) is 19.8 Å². The topological polar surface area (TPSA) is 43.1 Å². The van der Waals surface area contributed by atoms with Crippen LogP contribution in [-0.2, 0) is 5.41 Å². The van der Waals surface area contributed by atoms with Crippen molar-refractivity contribution in [2.75, 3.05) is 0 Å². The highest BCUT2D eigenvalue weighted by molar-refractivity contribution is 7.16. The molecule has 0 aliphatic rings. The van der Waals surface area contributed by atoms with Gasteiger partial charge in [0.1, 0.15) is 5.01 Å². The molecule has 0 atom stereocenters. The SMILES string of the molecule is CC(C)(C)c1nnc2sc(C(c3ccccc3)c3ccccc3)nn12. The molecular weight excluding hydrogens is 328 g/mol. The molecule has 0 unspecified atom stereocenters. The predicted octanol–water partition coefficient (Wildman–Crippen LogP) is 4.66. The monoisotopic (exact) mass is 348 g/mol. The van der Waals surface area contributed by atoms with Gasteiger partial charge in [0.15, 0.2) is 5.82 Å². The normalized spacial score (nSPS) is 12.2. The van der Waals surface area contributed by atoms with Gasteiger partial charge in [0.25, 0.3) is 0 Å². The Kier molecular flexibility index (Phi) is 3.88. The van der Waals surface area contributed by atoms with E-state index in [1.54, 1.807) is 11.3 Å². The molecule has 25 heavy (non-hydrogen) atoms. The molecule has 0 fully saturated rings. The lowest BCUT2D eigenvalue weighted by Gasteiger charge is -2.16. The van der Waals surface area contributed by atoms with Crippen molar-refractivity contribution in [2.24, 2.45) is 0 Å². The first kappa shape index (κ1) is 16.0. The second-order valence-electron chi connectivity index (χ2n) is 7.16. The lowest BCUT2D eigenvalue weighted by Crippen LogP contribution is -2.16. The van der Waals surface area contributed by atoms with E-state index >= 15 is 0 Å². The highest BCUT2D eigenvalue weighted by Gasteiger charge is 2.26. The second kappa shape index (κ2) is 6.08. The van der Waals surface area contributed by atoms with Crippen molar-refractivity contribution >= 4 is 16.3 Å². The maximum Gasteiger partial charge on any atom is 0.234 e. The van der Waals surface area contributed by atoms with Crippen LogP contribution in [0.3, 0.4) is 0 Å². The summed E-state index contributed by atoms with van der Waals surface area (Å²) in [5.41, 5.74) is 2.37. The predicted molar refractivity (Wildman–Crippen MR) is 101 cm³/mol. The van der Waals surface area contributed by atoms with E-state index in [0.717, 1.165) is 15.8 Å². The number of hydrogen-bond donors (Lipinski definition) is 0. The summed E-state index contributed by atoms with van der Waals surface area (Å²) in [6.45, 7) is 6.40.